The Hall–Kier alpha value is -0.580. The molecule has 0 saturated carbocycles. The van der Waals surface area contributed by atoms with Gasteiger partial charge in [-0.1, -0.05) is 34.5 Å². The summed E-state index contributed by atoms with van der Waals surface area (Å²) in [4.78, 5) is 11.5. The van der Waals surface area contributed by atoms with E-state index in [1.807, 2.05) is 6.07 Å². The van der Waals surface area contributed by atoms with Crippen LogP contribution in [-0.4, -0.2) is 19.0 Å². The van der Waals surface area contributed by atoms with E-state index in [9.17, 15) is 4.79 Å². The van der Waals surface area contributed by atoms with Crippen LogP contribution in [0.5, 0.6) is 0 Å². The summed E-state index contributed by atoms with van der Waals surface area (Å²) in [6.07, 6.45) is 1.00. The fourth-order valence-corrected chi connectivity index (χ4v) is 1.69. The molecule has 1 aromatic rings. The first-order valence-corrected chi connectivity index (χ1v) is 6.26. The first-order chi connectivity index (χ1) is 7.63. The molecule has 0 heterocycles. The topological polar surface area (TPSA) is 41.1 Å². The molecule has 5 heteroatoms. The van der Waals surface area contributed by atoms with Gasteiger partial charge >= 0.3 is 0 Å². The second kappa shape index (κ2) is 6.89. The van der Waals surface area contributed by atoms with Gasteiger partial charge in [0.25, 0.3) is 0 Å². The highest BCUT2D eigenvalue weighted by Crippen LogP contribution is 2.25. The fourth-order valence-electron chi connectivity index (χ4n) is 1.17. The zero-order valence-corrected chi connectivity index (χ0v) is 11.4. The summed E-state index contributed by atoms with van der Waals surface area (Å²) in [5.74, 6) is -0.0894. The quantitative estimate of drug-likeness (QED) is 0.821. The van der Waals surface area contributed by atoms with E-state index in [1.165, 1.54) is 0 Å². The molecular formula is C11H14BrClN2O. The average Bonchev–Trinajstić information content (AvgIpc) is 2.24. The number of hydrogen-bond donors (Lipinski definition) is 2. The van der Waals surface area contributed by atoms with Crippen molar-refractivity contribution in [2.24, 2.45) is 0 Å². The Morgan fingerprint density at radius 1 is 1.50 bits per heavy atom. The molecule has 0 aromatic heterocycles. The average molecular weight is 306 g/mol. The molecule has 0 fully saturated rings. The third kappa shape index (κ3) is 4.51. The molecule has 16 heavy (non-hydrogen) atoms. The van der Waals surface area contributed by atoms with Crippen LogP contribution in [0, 0.1) is 0 Å². The number of nitrogens with one attached hydrogen (secondary N) is 2. The number of carbonyl (C=O) groups excluding carboxylic acids is 1. The Kier molecular flexibility index (Phi) is 5.80. The Balaban J connectivity index is 2.52. The lowest BCUT2D eigenvalue weighted by molar-refractivity contribution is -0.115. The second-order valence-electron chi connectivity index (χ2n) is 3.35. The van der Waals surface area contributed by atoms with Crippen LogP contribution in [0.1, 0.15) is 13.3 Å². The van der Waals surface area contributed by atoms with Crippen molar-refractivity contribution >= 4 is 39.1 Å². The minimum absolute atomic E-state index is 0.0894. The van der Waals surface area contributed by atoms with E-state index in [-0.39, 0.29) is 5.91 Å². The van der Waals surface area contributed by atoms with Crippen molar-refractivity contribution in [3.8, 4) is 0 Å². The molecule has 0 aliphatic rings. The maximum absolute atomic E-state index is 11.5. The highest BCUT2D eigenvalue weighted by atomic mass is 79.9. The molecule has 88 valence electrons. The van der Waals surface area contributed by atoms with Gasteiger partial charge in [-0.25, -0.2) is 0 Å². The van der Waals surface area contributed by atoms with Gasteiger partial charge in [0.15, 0.2) is 0 Å². The van der Waals surface area contributed by atoms with Crippen molar-refractivity contribution < 1.29 is 4.79 Å². The van der Waals surface area contributed by atoms with Crippen molar-refractivity contribution in [3.63, 3.8) is 0 Å². The van der Waals surface area contributed by atoms with Crippen molar-refractivity contribution in [1.29, 1.82) is 0 Å². The maximum atomic E-state index is 11.5. The molecule has 1 aromatic carbocycles. The van der Waals surface area contributed by atoms with Crippen LogP contribution in [0.2, 0.25) is 5.02 Å². The summed E-state index contributed by atoms with van der Waals surface area (Å²) in [5, 5.41) is 6.30. The molecule has 0 unspecified atom stereocenters. The van der Waals surface area contributed by atoms with Crippen LogP contribution in [0.3, 0.4) is 0 Å². The molecule has 0 radical (unpaired) electrons. The molecule has 0 aliphatic heterocycles. The summed E-state index contributed by atoms with van der Waals surface area (Å²) < 4.78 is 0.883. The summed E-state index contributed by atoms with van der Waals surface area (Å²) in [6.45, 7) is 3.19. The van der Waals surface area contributed by atoms with E-state index in [4.69, 9.17) is 11.6 Å². The standard InChI is InChI=1S/C11H14BrClN2O/c1-2-5-14-7-11(16)15-10-6-8(12)3-4-9(10)13/h3-4,6,14H,2,5,7H2,1H3,(H,15,16). The summed E-state index contributed by atoms with van der Waals surface area (Å²) in [5.41, 5.74) is 0.624. The SMILES string of the molecule is CCCNCC(=O)Nc1cc(Br)ccc1Cl. The van der Waals surface area contributed by atoms with Crippen LogP contribution in [0.15, 0.2) is 22.7 Å². The van der Waals surface area contributed by atoms with Crippen molar-refractivity contribution in [3.05, 3.63) is 27.7 Å². The van der Waals surface area contributed by atoms with Gasteiger partial charge in [0.1, 0.15) is 0 Å². The number of anilines is 1. The van der Waals surface area contributed by atoms with Crippen molar-refractivity contribution in [1.82, 2.24) is 5.32 Å². The Bertz CT molecular complexity index is 371. The number of halogens is 2. The molecular weight excluding hydrogens is 291 g/mol. The molecule has 2 N–H and O–H groups in total. The number of benzene rings is 1. The van der Waals surface area contributed by atoms with E-state index in [1.54, 1.807) is 12.1 Å². The number of amides is 1. The van der Waals surface area contributed by atoms with Crippen LogP contribution in [0.4, 0.5) is 5.69 Å². The molecule has 0 saturated heterocycles. The summed E-state index contributed by atoms with van der Waals surface area (Å²) in [6, 6.07) is 5.34. The van der Waals surface area contributed by atoms with Gasteiger partial charge in [0.05, 0.1) is 17.3 Å². The van der Waals surface area contributed by atoms with E-state index in [0.717, 1.165) is 17.4 Å². The fraction of sp³-hybridized carbons (Fsp3) is 0.364. The van der Waals surface area contributed by atoms with Gasteiger partial charge in [-0.05, 0) is 31.2 Å². The summed E-state index contributed by atoms with van der Waals surface area (Å²) in [7, 11) is 0. The van der Waals surface area contributed by atoms with Crippen molar-refractivity contribution in [2.75, 3.05) is 18.4 Å². The number of rotatable bonds is 5. The van der Waals surface area contributed by atoms with Gasteiger partial charge < -0.3 is 10.6 Å². The number of hydrogen-bond acceptors (Lipinski definition) is 2. The Morgan fingerprint density at radius 2 is 2.25 bits per heavy atom. The van der Waals surface area contributed by atoms with Crippen LogP contribution in [-0.2, 0) is 4.79 Å². The lowest BCUT2D eigenvalue weighted by Crippen LogP contribution is -2.28. The van der Waals surface area contributed by atoms with Gasteiger partial charge in [0, 0.05) is 4.47 Å². The predicted octanol–water partition coefficient (Wildman–Crippen LogP) is 3.04. The predicted molar refractivity (Wildman–Crippen MR) is 70.9 cm³/mol. The zero-order valence-electron chi connectivity index (χ0n) is 9.02. The smallest absolute Gasteiger partial charge is 0.238 e. The van der Waals surface area contributed by atoms with Gasteiger partial charge in [-0.3, -0.25) is 4.79 Å². The molecule has 0 bridgehead atoms. The molecule has 0 atom stereocenters. The van der Waals surface area contributed by atoms with E-state index in [0.29, 0.717) is 17.3 Å². The Labute approximate surface area is 109 Å². The van der Waals surface area contributed by atoms with Crippen LogP contribution in [0.25, 0.3) is 0 Å². The van der Waals surface area contributed by atoms with E-state index >= 15 is 0 Å². The van der Waals surface area contributed by atoms with Gasteiger partial charge in [-0.15, -0.1) is 0 Å². The zero-order chi connectivity index (χ0) is 12.0. The highest BCUT2D eigenvalue weighted by molar-refractivity contribution is 9.10. The van der Waals surface area contributed by atoms with E-state index < -0.39 is 0 Å². The van der Waals surface area contributed by atoms with Crippen LogP contribution < -0.4 is 10.6 Å². The Morgan fingerprint density at radius 3 is 2.94 bits per heavy atom. The normalized spacial score (nSPS) is 10.2. The minimum atomic E-state index is -0.0894. The first kappa shape index (κ1) is 13.5. The molecule has 3 nitrogen and oxygen atoms in total. The number of carbonyl (C=O) groups is 1. The highest BCUT2D eigenvalue weighted by Gasteiger charge is 2.05. The van der Waals surface area contributed by atoms with Crippen molar-refractivity contribution in [2.45, 2.75) is 13.3 Å². The lowest BCUT2D eigenvalue weighted by atomic mass is 10.3. The molecule has 0 aliphatic carbocycles. The van der Waals surface area contributed by atoms with Gasteiger partial charge in [0.2, 0.25) is 5.91 Å². The molecule has 1 rings (SSSR count). The second-order valence-corrected chi connectivity index (χ2v) is 4.67. The van der Waals surface area contributed by atoms with Gasteiger partial charge in [-0.2, -0.15) is 0 Å². The monoisotopic (exact) mass is 304 g/mol. The third-order valence-electron chi connectivity index (χ3n) is 1.91. The first-order valence-electron chi connectivity index (χ1n) is 5.09. The maximum Gasteiger partial charge on any atom is 0.238 e. The molecule has 1 amide bonds. The molecule has 0 spiro atoms. The summed E-state index contributed by atoms with van der Waals surface area (Å²) >= 11 is 9.27. The van der Waals surface area contributed by atoms with Crippen LogP contribution >= 0.6 is 27.5 Å². The third-order valence-corrected chi connectivity index (χ3v) is 2.74. The lowest BCUT2D eigenvalue weighted by Gasteiger charge is -2.08. The van der Waals surface area contributed by atoms with E-state index in [2.05, 4.69) is 33.5 Å². The minimum Gasteiger partial charge on any atom is -0.324 e. The largest absolute Gasteiger partial charge is 0.324 e.